The van der Waals surface area contributed by atoms with Gasteiger partial charge in [-0.15, -0.1) is 22.7 Å². The zero-order valence-corrected chi connectivity index (χ0v) is 35.6. The van der Waals surface area contributed by atoms with E-state index in [1.807, 2.05) is 11.3 Å². The van der Waals surface area contributed by atoms with Crippen LogP contribution in [-0.4, -0.2) is 14.1 Å². The first-order valence-electron chi connectivity index (χ1n) is 21.5. The summed E-state index contributed by atoms with van der Waals surface area (Å²) in [5.74, 6) is 1.84. The minimum atomic E-state index is 0.563. The van der Waals surface area contributed by atoms with Crippen LogP contribution in [0.5, 0.6) is 0 Å². The van der Waals surface area contributed by atoms with Gasteiger partial charge in [-0.3, -0.25) is 0 Å². The largest absolute Gasteiger partial charge is 0.343 e. The first-order valence-corrected chi connectivity index (χ1v) is 23.1. The second-order valence-corrected chi connectivity index (χ2v) is 19.1. The van der Waals surface area contributed by atoms with Crippen LogP contribution in [0.1, 0.15) is 110 Å². The van der Waals surface area contributed by atoms with E-state index in [9.17, 15) is 0 Å². The fourth-order valence-electron chi connectivity index (χ4n) is 10.3. The van der Waals surface area contributed by atoms with Crippen molar-refractivity contribution in [2.24, 2.45) is 0 Å². The Balaban J connectivity index is 0.993. The molecule has 10 rings (SSSR count). The van der Waals surface area contributed by atoms with Gasteiger partial charge in [0.25, 0.3) is 0 Å². The van der Waals surface area contributed by atoms with Crippen molar-refractivity contribution in [1.29, 1.82) is 0 Å². The first kappa shape index (κ1) is 36.7. The lowest BCUT2D eigenvalue weighted by Crippen LogP contribution is -2.14. The number of rotatable bonds is 8. The number of fused-ring (bicyclic) bond motifs is 6. The molecule has 2 nitrogen and oxygen atoms in total. The molecule has 0 radical (unpaired) electrons. The van der Waals surface area contributed by atoms with Gasteiger partial charge >= 0.3 is 0 Å². The smallest absolute Gasteiger partial charge is 0.0592 e. The summed E-state index contributed by atoms with van der Waals surface area (Å²) in [5, 5.41) is 5.72. The van der Waals surface area contributed by atoms with Crippen molar-refractivity contribution in [2.75, 3.05) is 23.9 Å². The van der Waals surface area contributed by atoms with Crippen molar-refractivity contribution < 1.29 is 0 Å². The summed E-state index contributed by atoms with van der Waals surface area (Å²) in [5.41, 5.74) is 12.5. The number of hydrogen-bond donors (Lipinski definition) is 0. The Kier molecular flexibility index (Phi) is 9.83. The molecule has 0 amide bonds. The maximum atomic E-state index is 2.61. The zero-order chi connectivity index (χ0) is 38.6. The van der Waals surface area contributed by atoms with Gasteiger partial charge in [0.15, 0.2) is 0 Å². The molecular weight excluding hydrogens is 729 g/mol. The van der Waals surface area contributed by atoms with E-state index in [0.29, 0.717) is 17.8 Å². The number of nitrogens with zero attached hydrogens (tertiary/aromatic N) is 2. The van der Waals surface area contributed by atoms with Crippen LogP contribution < -0.4 is 9.80 Å². The molecule has 2 aliphatic carbocycles. The van der Waals surface area contributed by atoms with E-state index in [2.05, 4.69) is 164 Å². The van der Waals surface area contributed by atoms with Gasteiger partial charge in [-0.25, -0.2) is 0 Å². The average molecular weight is 783 g/mol. The van der Waals surface area contributed by atoms with Crippen LogP contribution in [0.25, 0.3) is 40.3 Å². The number of hydrogen-bond acceptors (Lipinski definition) is 4. The molecule has 0 saturated heterocycles. The van der Waals surface area contributed by atoms with Gasteiger partial charge in [0.2, 0.25) is 0 Å². The van der Waals surface area contributed by atoms with Crippen molar-refractivity contribution in [3.05, 3.63) is 143 Å². The quantitative estimate of drug-likeness (QED) is 0.151. The molecule has 0 atom stereocenters. The molecule has 2 heterocycles. The Hall–Kier alpha value is -4.64. The Morgan fingerprint density at radius 3 is 1.63 bits per heavy atom. The molecule has 288 valence electrons. The lowest BCUT2D eigenvalue weighted by Gasteiger charge is -2.30. The van der Waals surface area contributed by atoms with E-state index in [0.717, 1.165) is 6.42 Å². The Labute approximate surface area is 346 Å². The van der Waals surface area contributed by atoms with Crippen molar-refractivity contribution in [2.45, 2.75) is 95.8 Å². The van der Waals surface area contributed by atoms with E-state index in [-0.39, 0.29) is 0 Å². The molecule has 4 heteroatoms. The summed E-state index contributed by atoms with van der Waals surface area (Å²) >= 11 is 4.06. The molecule has 2 fully saturated rings. The molecular formula is C53H54N2S2. The predicted octanol–water partition coefficient (Wildman–Crippen LogP) is 16.3. The van der Waals surface area contributed by atoms with E-state index < -0.39 is 0 Å². The average Bonchev–Trinajstić information content (AvgIpc) is 3.85. The van der Waals surface area contributed by atoms with Crippen LogP contribution in [-0.2, 0) is 6.42 Å². The topological polar surface area (TPSA) is 6.48 Å². The number of benzene rings is 6. The van der Waals surface area contributed by atoms with E-state index in [4.69, 9.17) is 0 Å². The summed E-state index contributed by atoms with van der Waals surface area (Å²) < 4.78 is 5.84. The third kappa shape index (κ3) is 6.63. The van der Waals surface area contributed by atoms with Crippen LogP contribution >= 0.6 is 22.7 Å². The van der Waals surface area contributed by atoms with Crippen LogP contribution in [0.4, 0.5) is 22.7 Å². The van der Waals surface area contributed by atoms with Gasteiger partial charge in [0, 0.05) is 56.4 Å². The second-order valence-electron chi connectivity index (χ2n) is 17.1. The zero-order valence-electron chi connectivity index (χ0n) is 34.0. The van der Waals surface area contributed by atoms with Gasteiger partial charge in [-0.2, -0.15) is 0 Å². The summed E-state index contributed by atoms with van der Waals surface area (Å²) in [6.07, 6.45) is 12.8. The maximum absolute atomic E-state index is 2.61. The highest BCUT2D eigenvalue weighted by Gasteiger charge is 2.28. The van der Waals surface area contributed by atoms with Crippen LogP contribution in [0.3, 0.4) is 0 Å². The van der Waals surface area contributed by atoms with Crippen molar-refractivity contribution in [3.63, 3.8) is 0 Å². The van der Waals surface area contributed by atoms with Crippen molar-refractivity contribution in [1.82, 2.24) is 0 Å². The normalized spacial score (nSPS) is 17.9. The lowest BCUT2D eigenvalue weighted by molar-refractivity contribution is 0.398. The standard InChI is InChI=1S/C53H54N2S2/c1-5-35-22-30-41(31-23-35)55(4)49-33-39(32-47-46-17-10-14-42(51(46)57-53(47)49)37-12-7-6-8-13-37)36-24-26-38(27-25-36)43-15-9-16-44-45-18-11-19-48(52(45)56-50(43)44)54(3)40-28-20-34(2)21-29-40/h9-11,14-23,28-33,36-38H,5-8,12-13,24-27H2,1-4H3. The Bertz CT molecular complexity index is 2700. The summed E-state index contributed by atoms with van der Waals surface area (Å²) in [7, 11) is 4.50. The minimum Gasteiger partial charge on any atom is -0.343 e. The SMILES string of the molecule is CCc1ccc(N(C)c2cc(C3CCC(c4cccc5c4sc4c(N(C)c6ccc(C)cc6)cccc45)CC3)cc3c2sc2c(C4CCCCC4)cccc23)cc1. The number of aryl methyl sites for hydroxylation is 2. The number of anilines is 4. The molecule has 2 saturated carbocycles. The second kappa shape index (κ2) is 15.3. The van der Waals surface area contributed by atoms with E-state index in [1.165, 1.54) is 138 Å². The van der Waals surface area contributed by atoms with Crippen LogP contribution in [0.15, 0.2) is 115 Å². The molecule has 6 aromatic carbocycles. The molecule has 0 aliphatic heterocycles. The molecule has 0 bridgehead atoms. The Morgan fingerprint density at radius 1 is 0.491 bits per heavy atom. The minimum absolute atomic E-state index is 0.563. The number of thiophene rings is 2. The monoisotopic (exact) mass is 782 g/mol. The highest BCUT2D eigenvalue weighted by molar-refractivity contribution is 7.27. The Morgan fingerprint density at radius 2 is 1.00 bits per heavy atom. The molecule has 0 N–H and O–H groups in total. The third-order valence-corrected chi connectivity index (χ3v) is 16.3. The lowest BCUT2D eigenvalue weighted by atomic mass is 9.75. The highest BCUT2D eigenvalue weighted by Crippen LogP contribution is 2.51. The van der Waals surface area contributed by atoms with E-state index >= 15 is 0 Å². The van der Waals surface area contributed by atoms with Crippen LogP contribution in [0, 0.1) is 6.92 Å². The summed E-state index contributed by atoms with van der Waals surface area (Å²) in [6, 6.07) is 44.5. The van der Waals surface area contributed by atoms with E-state index in [1.54, 1.807) is 11.1 Å². The molecule has 2 aliphatic rings. The maximum Gasteiger partial charge on any atom is 0.0592 e. The molecule has 57 heavy (non-hydrogen) atoms. The van der Waals surface area contributed by atoms with Gasteiger partial charge in [0.05, 0.1) is 20.8 Å². The van der Waals surface area contributed by atoms with Gasteiger partial charge in [0.1, 0.15) is 0 Å². The molecule has 8 aromatic rings. The van der Waals surface area contributed by atoms with Crippen molar-refractivity contribution >= 4 is 85.8 Å². The van der Waals surface area contributed by atoms with Gasteiger partial charge < -0.3 is 9.80 Å². The van der Waals surface area contributed by atoms with Crippen molar-refractivity contribution in [3.8, 4) is 0 Å². The predicted molar refractivity (Wildman–Crippen MR) is 252 cm³/mol. The molecule has 2 aromatic heterocycles. The van der Waals surface area contributed by atoms with Gasteiger partial charge in [-0.05, 0) is 134 Å². The summed E-state index contributed by atoms with van der Waals surface area (Å²) in [6.45, 7) is 4.40. The highest BCUT2D eigenvalue weighted by atomic mass is 32.1. The molecule has 0 unspecified atom stereocenters. The van der Waals surface area contributed by atoms with Gasteiger partial charge in [-0.1, -0.05) is 105 Å². The third-order valence-electron chi connectivity index (χ3n) is 13.7. The fourth-order valence-corrected chi connectivity index (χ4v) is 13.2. The van der Waals surface area contributed by atoms with Crippen LogP contribution in [0.2, 0.25) is 0 Å². The summed E-state index contributed by atoms with van der Waals surface area (Å²) in [4.78, 5) is 4.83. The first-order chi connectivity index (χ1) is 27.9. The molecule has 0 spiro atoms. The fraction of sp³-hybridized carbons (Fsp3) is 0.321.